The molecule has 0 aliphatic carbocycles. The van der Waals surface area contributed by atoms with Gasteiger partial charge < -0.3 is 9.42 Å². The van der Waals surface area contributed by atoms with E-state index in [1.165, 1.54) is 0 Å². The predicted octanol–water partition coefficient (Wildman–Crippen LogP) is 2.15. The van der Waals surface area contributed by atoms with Crippen LogP contribution in [0.5, 0.6) is 0 Å². The van der Waals surface area contributed by atoms with Gasteiger partial charge >= 0.3 is 0 Å². The van der Waals surface area contributed by atoms with Crippen LogP contribution in [0.25, 0.3) is 0 Å². The Balaban J connectivity index is 1.96. The van der Waals surface area contributed by atoms with E-state index in [1.54, 1.807) is 13.8 Å². The molecular weight excluding hydrogens is 302 g/mol. The number of sulfonamides is 1. The highest BCUT2D eigenvalue weighted by Gasteiger charge is 2.30. The van der Waals surface area contributed by atoms with E-state index in [9.17, 15) is 8.42 Å². The van der Waals surface area contributed by atoms with E-state index in [2.05, 4.69) is 14.8 Å². The lowest BCUT2D eigenvalue weighted by molar-refractivity contribution is 0.390. The maximum absolute atomic E-state index is 12.7. The summed E-state index contributed by atoms with van der Waals surface area (Å²) in [4.78, 5) is 2.28. The Morgan fingerprint density at radius 3 is 2.73 bits per heavy atom. The summed E-state index contributed by atoms with van der Waals surface area (Å²) in [6.45, 7) is 4.04. The Morgan fingerprint density at radius 1 is 1.32 bits per heavy atom. The summed E-state index contributed by atoms with van der Waals surface area (Å²) in [6.07, 6.45) is 0.718. The first-order valence-electron chi connectivity index (χ1n) is 7.15. The van der Waals surface area contributed by atoms with Crippen LogP contribution in [-0.4, -0.2) is 27.2 Å². The van der Waals surface area contributed by atoms with Crippen molar-refractivity contribution in [2.75, 3.05) is 18.5 Å². The van der Waals surface area contributed by atoms with Crippen LogP contribution in [0.15, 0.2) is 33.7 Å². The Bertz CT molecular complexity index is 779. The van der Waals surface area contributed by atoms with Gasteiger partial charge in [0, 0.05) is 19.3 Å². The highest BCUT2D eigenvalue weighted by Crippen LogP contribution is 2.34. The van der Waals surface area contributed by atoms with E-state index in [0.717, 1.165) is 24.2 Å². The maximum Gasteiger partial charge on any atom is 0.246 e. The molecule has 0 saturated carbocycles. The summed E-state index contributed by atoms with van der Waals surface area (Å²) in [7, 11) is -1.65. The molecule has 1 N–H and O–H groups in total. The normalized spacial score (nSPS) is 18.3. The first-order valence-corrected chi connectivity index (χ1v) is 8.64. The molecule has 1 aliphatic heterocycles. The number of benzene rings is 1. The third-order valence-corrected chi connectivity index (χ3v) is 5.73. The number of nitrogens with zero attached hydrogens (tertiary/aromatic N) is 2. The molecule has 22 heavy (non-hydrogen) atoms. The van der Waals surface area contributed by atoms with Crippen LogP contribution in [0.1, 0.15) is 29.5 Å². The molecule has 0 saturated heterocycles. The number of aromatic nitrogens is 1. The molecule has 0 radical (unpaired) electrons. The van der Waals surface area contributed by atoms with Crippen molar-refractivity contribution in [2.24, 2.45) is 0 Å². The molecule has 1 aliphatic rings. The first kappa shape index (κ1) is 15.1. The van der Waals surface area contributed by atoms with Crippen LogP contribution in [0.3, 0.4) is 0 Å². The lowest BCUT2D eigenvalue weighted by atomic mass is 9.98. The summed E-state index contributed by atoms with van der Waals surface area (Å²) in [6, 6.07) is 7.61. The van der Waals surface area contributed by atoms with Crippen LogP contribution in [0.2, 0.25) is 0 Å². The van der Waals surface area contributed by atoms with E-state index in [1.807, 2.05) is 31.3 Å². The Labute approximate surface area is 130 Å². The molecule has 1 aromatic heterocycles. The summed E-state index contributed by atoms with van der Waals surface area (Å²) in [5.74, 6) is 0.311. The molecule has 0 bridgehead atoms. The fourth-order valence-electron chi connectivity index (χ4n) is 2.96. The zero-order valence-electron chi connectivity index (χ0n) is 12.8. The van der Waals surface area contributed by atoms with Crippen molar-refractivity contribution < 1.29 is 12.9 Å². The van der Waals surface area contributed by atoms with Crippen LogP contribution in [-0.2, 0) is 10.0 Å². The van der Waals surface area contributed by atoms with Crippen molar-refractivity contribution in [3.05, 3.63) is 41.3 Å². The largest absolute Gasteiger partial charge is 0.374 e. The molecule has 1 aromatic carbocycles. The zero-order valence-corrected chi connectivity index (χ0v) is 13.6. The maximum atomic E-state index is 12.7. The minimum absolute atomic E-state index is 0.143. The monoisotopic (exact) mass is 321 g/mol. The standard InChI is InChI=1S/C15H19N3O3S/c1-10-15(11(2)21-16-10)22(19,20)17-13-8-9-18(3)14-7-5-4-6-12(13)14/h4-7,13,17H,8-9H2,1-3H3. The molecule has 0 spiro atoms. The molecular formula is C15H19N3O3S. The molecule has 0 fully saturated rings. The van der Waals surface area contributed by atoms with Crippen LogP contribution in [0.4, 0.5) is 5.69 Å². The summed E-state index contributed by atoms with van der Waals surface area (Å²) in [5.41, 5.74) is 2.43. The van der Waals surface area contributed by atoms with Gasteiger partial charge in [-0.3, -0.25) is 0 Å². The molecule has 7 heteroatoms. The second-order valence-electron chi connectivity index (χ2n) is 5.60. The van der Waals surface area contributed by atoms with Gasteiger partial charge in [-0.15, -0.1) is 0 Å². The number of nitrogens with one attached hydrogen (secondary N) is 1. The Hall–Kier alpha value is -1.86. The van der Waals surface area contributed by atoms with Crippen molar-refractivity contribution in [1.29, 1.82) is 0 Å². The number of rotatable bonds is 3. The fourth-order valence-corrected chi connectivity index (χ4v) is 4.53. The second kappa shape index (κ2) is 5.40. The lowest BCUT2D eigenvalue weighted by Crippen LogP contribution is -2.36. The van der Waals surface area contributed by atoms with Gasteiger partial charge in [-0.05, 0) is 31.9 Å². The van der Waals surface area contributed by atoms with E-state index in [-0.39, 0.29) is 10.9 Å². The average Bonchev–Trinajstić information content (AvgIpc) is 2.82. The Morgan fingerprint density at radius 2 is 2.05 bits per heavy atom. The second-order valence-corrected chi connectivity index (χ2v) is 7.25. The van der Waals surface area contributed by atoms with E-state index < -0.39 is 10.0 Å². The van der Waals surface area contributed by atoms with Crippen LogP contribution in [0, 0.1) is 13.8 Å². The third kappa shape index (κ3) is 2.50. The molecule has 2 heterocycles. The minimum atomic E-state index is -3.66. The van der Waals surface area contributed by atoms with Crippen molar-refractivity contribution in [3.8, 4) is 0 Å². The summed E-state index contributed by atoms with van der Waals surface area (Å²) >= 11 is 0. The van der Waals surface area contributed by atoms with Gasteiger partial charge in [-0.2, -0.15) is 0 Å². The SMILES string of the molecule is Cc1noc(C)c1S(=O)(=O)NC1CCN(C)c2ccccc21. The van der Waals surface area contributed by atoms with Crippen LogP contribution >= 0.6 is 0 Å². The number of aryl methyl sites for hydroxylation is 2. The number of para-hydroxylation sites is 1. The van der Waals surface area contributed by atoms with Crippen molar-refractivity contribution in [3.63, 3.8) is 0 Å². The van der Waals surface area contributed by atoms with Gasteiger partial charge in [-0.25, -0.2) is 13.1 Å². The molecule has 1 unspecified atom stereocenters. The molecule has 3 rings (SSSR count). The van der Waals surface area contributed by atoms with Crippen molar-refractivity contribution in [2.45, 2.75) is 31.2 Å². The predicted molar refractivity (Wildman–Crippen MR) is 83.4 cm³/mol. The molecule has 1 atom stereocenters. The molecule has 0 amide bonds. The van der Waals surface area contributed by atoms with Gasteiger partial charge in [0.2, 0.25) is 10.0 Å². The molecule has 2 aromatic rings. The van der Waals surface area contributed by atoms with E-state index in [4.69, 9.17) is 4.52 Å². The van der Waals surface area contributed by atoms with E-state index >= 15 is 0 Å². The van der Waals surface area contributed by atoms with Crippen molar-refractivity contribution >= 4 is 15.7 Å². The van der Waals surface area contributed by atoms with Gasteiger partial charge in [0.15, 0.2) is 5.76 Å². The van der Waals surface area contributed by atoms with Gasteiger partial charge in [0.05, 0.1) is 6.04 Å². The summed E-state index contributed by atoms with van der Waals surface area (Å²) in [5, 5.41) is 3.73. The topological polar surface area (TPSA) is 75.4 Å². The number of fused-ring (bicyclic) bond motifs is 1. The Kier molecular flexibility index (Phi) is 3.70. The van der Waals surface area contributed by atoms with Gasteiger partial charge in [0.1, 0.15) is 10.6 Å². The minimum Gasteiger partial charge on any atom is -0.374 e. The quantitative estimate of drug-likeness (QED) is 0.937. The van der Waals surface area contributed by atoms with Gasteiger partial charge in [-0.1, -0.05) is 23.4 Å². The summed E-state index contributed by atoms with van der Waals surface area (Å²) < 4.78 is 33.1. The molecule has 6 nitrogen and oxygen atoms in total. The van der Waals surface area contributed by atoms with E-state index in [0.29, 0.717) is 11.5 Å². The third-order valence-electron chi connectivity index (χ3n) is 4.01. The fraction of sp³-hybridized carbons (Fsp3) is 0.400. The number of anilines is 1. The number of hydrogen-bond donors (Lipinski definition) is 1. The number of hydrogen-bond acceptors (Lipinski definition) is 5. The highest BCUT2D eigenvalue weighted by molar-refractivity contribution is 7.89. The average molecular weight is 321 g/mol. The highest BCUT2D eigenvalue weighted by atomic mass is 32.2. The van der Waals surface area contributed by atoms with Gasteiger partial charge in [0.25, 0.3) is 0 Å². The lowest BCUT2D eigenvalue weighted by Gasteiger charge is -2.33. The zero-order chi connectivity index (χ0) is 15.9. The molecule has 118 valence electrons. The van der Waals surface area contributed by atoms with Crippen molar-refractivity contribution in [1.82, 2.24) is 9.88 Å². The van der Waals surface area contributed by atoms with Crippen LogP contribution < -0.4 is 9.62 Å². The first-order chi connectivity index (χ1) is 10.4. The smallest absolute Gasteiger partial charge is 0.246 e.